The average Bonchev–Trinajstić information content (AvgIpc) is 2.93. The number of nitrogens with zero attached hydrogens (tertiary/aromatic N) is 3. The predicted molar refractivity (Wildman–Crippen MR) is 81.4 cm³/mol. The van der Waals surface area contributed by atoms with Gasteiger partial charge in [-0.3, -0.25) is 9.40 Å². The van der Waals surface area contributed by atoms with Crippen LogP contribution in [0.1, 0.15) is 19.5 Å². The smallest absolute Gasteiger partial charge is 0.263 e. The lowest BCUT2D eigenvalue weighted by Gasteiger charge is -2.08. The van der Waals surface area contributed by atoms with Crippen molar-refractivity contribution in [2.75, 3.05) is 4.72 Å². The van der Waals surface area contributed by atoms with Gasteiger partial charge in [0.05, 0.1) is 11.9 Å². The molecule has 116 valence electrons. The number of nitrogens with one attached hydrogen (secondary N) is 2. The fourth-order valence-electron chi connectivity index (χ4n) is 1.90. The van der Waals surface area contributed by atoms with Gasteiger partial charge in [-0.05, 0) is 6.07 Å². The fourth-order valence-corrected chi connectivity index (χ4v) is 3.02. The third-order valence-corrected chi connectivity index (χ3v) is 4.39. The first-order chi connectivity index (χ1) is 9.78. The molecule has 0 bridgehead atoms. The van der Waals surface area contributed by atoms with E-state index in [2.05, 4.69) is 15.1 Å². The highest BCUT2D eigenvalue weighted by Crippen LogP contribution is 2.17. The van der Waals surface area contributed by atoms with Gasteiger partial charge in [-0.25, -0.2) is 8.42 Å². The molecule has 0 saturated heterocycles. The minimum absolute atomic E-state index is 0.245. The summed E-state index contributed by atoms with van der Waals surface area (Å²) in [5, 5.41) is 7.21. The van der Waals surface area contributed by atoms with E-state index >= 15 is 0 Å². The molecular weight excluding hydrogens is 290 g/mol. The average molecular weight is 311 g/mol. The van der Waals surface area contributed by atoms with Gasteiger partial charge in [-0.1, -0.05) is 13.8 Å². The normalized spacial score (nSPS) is 12.0. The lowest BCUT2D eigenvalue weighted by atomic mass is 10.3. The highest BCUT2D eigenvalue weighted by atomic mass is 32.2. The van der Waals surface area contributed by atoms with Crippen molar-refractivity contribution in [1.29, 1.82) is 0 Å². The maximum absolute atomic E-state index is 12.3. The molecule has 0 aromatic carbocycles. The Bertz CT molecular complexity index is 715. The largest absolute Gasteiger partial charge is 0.352 e. The summed E-state index contributed by atoms with van der Waals surface area (Å²) in [4.78, 5) is 0.245. The van der Waals surface area contributed by atoms with Crippen LogP contribution in [0, 0.1) is 0 Å². The lowest BCUT2D eigenvalue weighted by Crippen LogP contribution is -2.22. The van der Waals surface area contributed by atoms with E-state index in [1.54, 1.807) is 30.2 Å². The second-order valence-electron chi connectivity index (χ2n) is 5.32. The first-order valence-corrected chi connectivity index (χ1v) is 8.16. The number of aryl methyl sites for hydroxylation is 2. The van der Waals surface area contributed by atoms with Crippen LogP contribution in [-0.4, -0.2) is 28.8 Å². The molecule has 8 heteroatoms. The Kier molecular flexibility index (Phi) is 4.38. The predicted octanol–water partition coefficient (Wildman–Crippen LogP) is 1.06. The Morgan fingerprint density at radius 2 is 2.00 bits per heavy atom. The zero-order valence-corrected chi connectivity index (χ0v) is 13.5. The van der Waals surface area contributed by atoms with Crippen molar-refractivity contribution in [2.45, 2.75) is 31.3 Å². The third-order valence-electron chi connectivity index (χ3n) is 3.04. The summed E-state index contributed by atoms with van der Waals surface area (Å²) in [6.07, 6.45) is 4.69. The quantitative estimate of drug-likeness (QED) is 0.836. The summed E-state index contributed by atoms with van der Waals surface area (Å²) in [7, 11) is -0.0263. The molecule has 2 rings (SSSR count). The molecule has 2 aromatic rings. The highest BCUT2D eigenvalue weighted by Gasteiger charge is 2.18. The van der Waals surface area contributed by atoms with E-state index in [4.69, 9.17) is 0 Å². The second kappa shape index (κ2) is 5.90. The van der Waals surface area contributed by atoms with Crippen molar-refractivity contribution in [2.24, 2.45) is 14.1 Å². The van der Waals surface area contributed by atoms with Gasteiger partial charge in [-0.2, -0.15) is 5.10 Å². The maximum Gasteiger partial charge on any atom is 0.263 e. The van der Waals surface area contributed by atoms with Crippen LogP contribution in [0.3, 0.4) is 0 Å². The minimum atomic E-state index is -3.59. The van der Waals surface area contributed by atoms with Crippen LogP contribution < -0.4 is 10.0 Å². The zero-order valence-electron chi connectivity index (χ0n) is 12.7. The topological polar surface area (TPSA) is 81.0 Å². The number of sulfonamides is 1. The molecule has 0 fully saturated rings. The summed E-state index contributed by atoms with van der Waals surface area (Å²) in [5.41, 5.74) is 1.36. The summed E-state index contributed by atoms with van der Waals surface area (Å²) in [6, 6.07) is 2.02. The first kappa shape index (κ1) is 15.6. The van der Waals surface area contributed by atoms with Gasteiger partial charge in [0.2, 0.25) is 0 Å². The molecule has 0 atom stereocenters. The summed E-state index contributed by atoms with van der Waals surface area (Å²) in [6.45, 7) is 4.71. The molecule has 0 saturated carbocycles. The SMILES string of the molecule is CC(C)NCc1cc(S(=O)(=O)Nc2cnn(C)c2)cn1C. The maximum atomic E-state index is 12.3. The van der Waals surface area contributed by atoms with Gasteiger partial charge in [0.15, 0.2) is 0 Å². The van der Waals surface area contributed by atoms with E-state index in [-0.39, 0.29) is 4.90 Å². The summed E-state index contributed by atoms with van der Waals surface area (Å²) >= 11 is 0. The van der Waals surface area contributed by atoms with E-state index < -0.39 is 10.0 Å². The van der Waals surface area contributed by atoms with E-state index in [1.807, 2.05) is 25.5 Å². The molecule has 21 heavy (non-hydrogen) atoms. The van der Waals surface area contributed by atoms with Gasteiger partial charge in [0, 0.05) is 44.8 Å². The molecule has 0 aliphatic rings. The van der Waals surface area contributed by atoms with Crippen molar-refractivity contribution < 1.29 is 8.42 Å². The molecular formula is C13H21N5O2S. The van der Waals surface area contributed by atoms with Crippen LogP contribution in [-0.2, 0) is 30.7 Å². The summed E-state index contributed by atoms with van der Waals surface area (Å²) < 4.78 is 30.5. The molecule has 0 spiro atoms. The number of hydrogen-bond acceptors (Lipinski definition) is 4. The number of anilines is 1. The van der Waals surface area contributed by atoms with E-state index in [0.29, 0.717) is 18.3 Å². The van der Waals surface area contributed by atoms with Gasteiger partial charge in [-0.15, -0.1) is 0 Å². The molecule has 0 aliphatic heterocycles. The lowest BCUT2D eigenvalue weighted by molar-refractivity contribution is 0.571. The first-order valence-electron chi connectivity index (χ1n) is 6.68. The van der Waals surface area contributed by atoms with Gasteiger partial charge >= 0.3 is 0 Å². The number of aromatic nitrogens is 3. The molecule has 2 heterocycles. The van der Waals surface area contributed by atoms with Crippen LogP contribution in [0.25, 0.3) is 0 Å². The Labute approximate surface area is 125 Å². The van der Waals surface area contributed by atoms with Crippen LogP contribution in [0.2, 0.25) is 0 Å². The molecule has 0 unspecified atom stereocenters. The number of hydrogen-bond donors (Lipinski definition) is 2. The Hall–Kier alpha value is -1.80. The van der Waals surface area contributed by atoms with Crippen LogP contribution in [0.5, 0.6) is 0 Å². The molecule has 7 nitrogen and oxygen atoms in total. The van der Waals surface area contributed by atoms with Gasteiger partial charge in [0.1, 0.15) is 4.90 Å². The van der Waals surface area contributed by atoms with E-state index in [9.17, 15) is 8.42 Å². The molecule has 0 amide bonds. The fraction of sp³-hybridized carbons (Fsp3) is 0.462. The second-order valence-corrected chi connectivity index (χ2v) is 7.00. The van der Waals surface area contributed by atoms with Crippen LogP contribution in [0.15, 0.2) is 29.6 Å². The van der Waals surface area contributed by atoms with Gasteiger partial charge < -0.3 is 9.88 Å². The molecule has 2 aromatic heterocycles. The Morgan fingerprint density at radius 1 is 1.29 bits per heavy atom. The Morgan fingerprint density at radius 3 is 2.57 bits per heavy atom. The zero-order chi connectivity index (χ0) is 15.6. The molecule has 2 N–H and O–H groups in total. The highest BCUT2D eigenvalue weighted by molar-refractivity contribution is 7.92. The van der Waals surface area contributed by atoms with Crippen molar-refractivity contribution >= 4 is 15.7 Å². The van der Waals surface area contributed by atoms with Crippen molar-refractivity contribution in [3.63, 3.8) is 0 Å². The molecule has 0 aliphatic carbocycles. The summed E-state index contributed by atoms with van der Waals surface area (Å²) in [5.74, 6) is 0. The van der Waals surface area contributed by atoms with E-state index in [1.165, 1.54) is 6.20 Å². The molecule has 0 radical (unpaired) electrons. The van der Waals surface area contributed by atoms with Crippen LogP contribution >= 0.6 is 0 Å². The van der Waals surface area contributed by atoms with Crippen molar-refractivity contribution in [1.82, 2.24) is 19.7 Å². The minimum Gasteiger partial charge on any atom is -0.352 e. The van der Waals surface area contributed by atoms with Gasteiger partial charge in [0.25, 0.3) is 10.0 Å². The monoisotopic (exact) mass is 311 g/mol. The number of rotatable bonds is 6. The van der Waals surface area contributed by atoms with Crippen LogP contribution in [0.4, 0.5) is 5.69 Å². The third kappa shape index (κ3) is 3.85. The Balaban J connectivity index is 2.18. The van der Waals surface area contributed by atoms with E-state index in [0.717, 1.165) is 5.69 Å². The van der Waals surface area contributed by atoms with Crippen molar-refractivity contribution in [3.8, 4) is 0 Å². The van der Waals surface area contributed by atoms with Crippen molar-refractivity contribution in [3.05, 3.63) is 30.4 Å². The standard InChI is InChI=1S/C13H21N5O2S/c1-10(2)14-7-12-5-13(9-17(12)3)21(19,20)16-11-6-15-18(4)8-11/h5-6,8-10,14,16H,7H2,1-4H3.